The Labute approximate surface area is 190 Å². The van der Waals surface area contributed by atoms with Crippen LogP contribution in [0.15, 0.2) is 107 Å². The summed E-state index contributed by atoms with van der Waals surface area (Å²) in [7, 11) is 0. The van der Waals surface area contributed by atoms with Crippen molar-refractivity contribution in [1.29, 1.82) is 0 Å². The minimum absolute atomic E-state index is 0.154. The summed E-state index contributed by atoms with van der Waals surface area (Å²) in [6, 6.07) is 27.1. The van der Waals surface area contributed by atoms with Gasteiger partial charge in [0.05, 0.1) is 0 Å². The van der Waals surface area contributed by atoms with Crippen LogP contribution in [0, 0.1) is 0 Å². The first kappa shape index (κ1) is 21.9. The lowest BCUT2D eigenvalue weighted by atomic mass is 10.0. The van der Waals surface area contributed by atoms with E-state index in [1.807, 2.05) is 42.5 Å². The van der Waals surface area contributed by atoms with Crippen molar-refractivity contribution >= 4 is 22.2 Å². The number of benzene rings is 4. The van der Waals surface area contributed by atoms with Crippen molar-refractivity contribution in [2.75, 3.05) is 0 Å². The van der Waals surface area contributed by atoms with E-state index >= 15 is 0 Å². The molecule has 4 aromatic rings. The fourth-order valence-corrected chi connectivity index (χ4v) is 3.75. The van der Waals surface area contributed by atoms with Crippen LogP contribution in [0.25, 0.3) is 11.1 Å². The van der Waals surface area contributed by atoms with Gasteiger partial charge in [-0.3, -0.25) is 8.42 Å². The first-order valence-corrected chi connectivity index (χ1v) is 11.6. The van der Waals surface area contributed by atoms with Gasteiger partial charge in [-0.2, -0.15) is 0 Å². The lowest BCUT2D eigenvalue weighted by molar-refractivity contribution is 0.419. The van der Waals surface area contributed by atoms with Gasteiger partial charge in [-0.15, -0.1) is 0 Å². The van der Waals surface area contributed by atoms with Crippen LogP contribution < -0.4 is 9.47 Å². The van der Waals surface area contributed by atoms with Crippen molar-refractivity contribution in [2.45, 2.75) is 9.79 Å². The Bertz CT molecular complexity index is 1260. The second kappa shape index (κ2) is 9.88. The van der Waals surface area contributed by atoms with Crippen LogP contribution in [0.3, 0.4) is 0 Å². The summed E-state index contributed by atoms with van der Waals surface area (Å²) in [5, 5.41) is 0. The Morgan fingerprint density at radius 1 is 0.562 bits per heavy atom. The highest BCUT2D eigenvalue weighted by Gasteiger charge is 2.15. The van der Waals surface area contributed by atoms with Gasteiger partial charge >= 0.3 is 0 Å². The largest absolute Gasteiger partial charge is 0.768 e. The summed E-state index contributed by atoms with van der Waals surface area (Å²) in [5.74, 6) is 1.72. The topological polar surface area (TPSA) is 98.7 Å². The Balaban J connectivity index is 1.74. The summed E-state index contributed by atoms with van der Waals surface area (Å²) in [6.45, 7) is 0. The molecule has 0 amide bonds. The van der Waals surface area contributed by atoms with Gasteiger partial charge in [0.25, 0.3) is 0 Å². The van der Waals surface area contributed by atoms with Crippen LogP contribution in [0.4, 0.5) is 0 Å². The van der Waals surface area contributed by atoms with Crippen LogP contribution >= 0.6 is 0 Å². The summed E-state index contributed by atoms with van der Waals surface area (Å²) in [4.78, 5) is 0.309. The molecule has 0 heterocycles. The third-order valence-corrected chi connectivity index (χ3v) is 5.86. The number of rotatable bonds is 7. The van der Waals surface area contributed by atoms with E-state index in [2.05, 4.69) is 0 Å². The van der Waals surface area contributed by atoms with Gasteiger partial charge in [-0.25, -0.2) is 0 Å². The van der Waals surface area contributed by atoms with Crippen LogP contribution in [-0.2, 0) is 22.2 Å². The molecule has 0 saturated carbocycles. The molecule has 0 spiro atoms. The molecule has 0 radical (unpaired) electrons. The second-order valence-corrected chi connectivity index (χ2v) is 8.50. The van der Waals surface area contributed by atoms with Crippen LogP contribution in [-0.4, -0.2) is 17.5 Å². The highest BCUT2D eigenvalue weighted by Crippen LogP contribution is 2.42. The SMILES string of the molecule is O=S([O-])c1ccc(Oc2cccc(-c3ccccc3)c2Oc2ccc(S(=O)[O-])cc2)cc1. The molecule has 0 aromatic heterocycles. The molecular formula is C24H16O6S2-2. The summed E-state index contributed by atoms with van der Waals surface area (Å²) >= 11 is -4.65. The molecule has 6 nitrogen and oxygen atoms in total. The van der Waals surface area contributed by atoms with Crippen molar-refractivity contribution in [3.8, 4) is 34.1 Å². The molecule has 0 N–H and O–H groups in total. The number of ether oxygens (including phenoxy) is 2. The predicted molar refractivity (Wildman–Crippen MR) is 119 cm³/mol. The fraction of sp³-hybridized carbons (Fsp3) is 0. The molecule has 2 atom stereocenters. The maximum atomic E-state index is 11.1. The average Bonchev–Trinajstić information content (AvgIpc) is 2.81. The smallest absolute Gasteiger partial charge is 0.177 e. The minimum atomic E-state index is -2.33. The zero-order valence-corrected chi connectivity index (χ0v) is 18.1. The quantitative estimate of drug-likeness (QED) is 0.339. The molecule has 4 rings (SSSR count). The summed E-state index contributed by atoms with van der Waals surface area (Å²) in [5.41, 5.74) is 1.68. The molecule has 4 aromatic carbocycles. The molecule has 0 aliphatic rings. The van der Waals surface area contributed by atoms with Gasteiger partial charge < -0.3 is 18.6 Å². The minimum Gasteiger partial charge on any atom is -0.768 e. The number of hydrogen-bond acceptors (Lipinski definition) is 6. The fourth-order valence-electron chi connectivity index (χ4n) is 3.03. The molecule has 0 saturated heterocycles. The van der Waals surface area contributed by atoms with Gasteiger partial charge in [0.2, 0.25) is 0 Å². The van der Waals surface area contributed by atoms with Crippen molar-refractivity contribution in [3.05, 3.63) is 97.1 Å². The van der Waals surface area contributed by atoms with E-state index in [0.29, 0.717) is 23.0 Å². The van der Waals surface area contributed by atoms with Crippen molar-refractivity contribution in [3.63, 3.8) is 0 Å². The number of para-hydroxylation sites is 1. The average molecular weight is 465 g/mol. The first-order chi connectivity index (χ1) is 15.5. The van der Waals surface area contributed by atoms with Crippen LogP contribution in [0.5, 0.6) is 23.0 Å². The molecule has 2 unspecified atom stereocenters. The van der Waals surface area contributed by atoms with E-state index in [0.717, 1.165) is 11.1 Å². The first-order valence-electron chi connectivity index (χ1n) is 9.44. The highest BCUT2D eigenvalue weighted by molar-refractivity contribution is 7.79. The number of hydrogen-bond donors (Lipinski definition) is 0. The Kier molecular flexibility index (Phi) is 6.77. The summed E-state index contributed by atoms with van der Waals surface area (Å²) < 4.78 is 56.6. The van der Waals surface area contributed by atoms with Crippen LogP contribution in [0.2, 0.25) is 0 Å². The van der Waals surface area contributed by atoms with Crippen molar-refractivity contribution < 1.29 is 27.0 Å². The van der Waals surface area contributed by atoms with E-state index in [1.165, 1.54) is 24.3 Å². The zero-order chi connectivity index (χ0) is 22.5. The van der Waals surface area contributed by atoms with Gasteiger partial charge in [0.1, 0.15) is 11.5 Å². The third-order valence-electron chi connectivity index (χ3n) is 4.54. The Morgan fingerprint density at radius 2 is 1.09 bits per heavy atom. The third kappa shape index (κ3) is 5.12. The molecule has 8 heteroatoms. The molecule has 0 bridgehead atoms. The summed E-state index contributed by atoms with van der Waals surface area (Å²) in [6.07, 6.45) is 0. The maximum Gasteiger partial charge on any atom is 0.177 e. The van der Waals surface area contributed by atoms with E-state index in [-0.39, 0.29) is 9.79 Å². The standard InChI is InChI=1S/C24H18O6S2/c25-31(26)20-13-9-18(10-14-20)29-23-8-4-7-22(17-5-2-1-3-6-17)24(23)30-19-11-15-21(16-12-19)32(27)28/h1-16H,(H,25,26)(H,27,28)/p-2. The highest BCUT2D eigenvalue weighted by atomic mass is 32.2. The molecular weight excluding hydrogens is 448 g/mol. The zero-order valence-electron chi connectivity index (χ0n) is 16.5. The lowest BCUT2D eigenvalue weighted by Gasteiger charge is -2.17. The van der Waals surface area contributed by atoms with Gasteiger partial charge in [-0.05, 0) is 82.3 Å². The molecule has 0 aliphatic heterocycles. The van der Waals surface area contributed by atoms with Gasteiger partial charge in [0.15, 0.2) is 11.5 Å². The monoisotopic (exact) mass is 464 g/mol. The van der Waals surface area contributed by atoms with Gasteiger partial charge in [0, 0.05) is 15.4 Å². The van der Waals surface area contributed by atoms with Gasteiger partial charge in [-0.1, -0.05) is 42.5 Å². The molecule has 162 valence electrons. The lowest BCUT2D eigenvalue weighted by Crippen LogP contribution is -1.95. The maximum absolute atomic E-state index is 11.1. The Hall–Kier alpha value is -3.30. The van der Waals surface area contributed by atoms with Crippen molar-refractivity contribution in [2.24, 2.45) is 0 Å². The molecule has 32 heavy (non-hydrogen) atoms. The Morgan fingerprint density at radius 3 is 1.62 bits per heavy atom. The van der Waals surface area contributed by atoms with E-state index in [9.17, 15) is 17.5 Å². The van der Waals surface area contributed by atoms with E-state index < -0.39 is 22.2 Å². The van der Waals surface area contributed by atoms with Crippen LogP contribution in [0.1, 0.15) is 0 Å². The van der Waals surface area contributed by atoms with E-state index in [1.54, 1.807) is 30.3 Å². The molecule has 0 fully saturated rings. The van der Waals surface area contributed by atoms with Crippen molar-refractivity contribution in [1.82, 2.24) is 0 Å². The molecule has 0 aliphatic carbocycles. The normalized spacial score (nSPS) is 12.7. The van der Waals surface area contributed by atoms with E-state index in [4.69, 9.17) is 9.47 Å². The second-order valence-electron chi connectivity index (χ2n) is 6.62. The predicted octanol–water partition coefficient (Wildman–Crippen LogP) is 5.41.